The molecule has 0 atom stereocenters. The summed E-state index contributed by atoms with van der Waals surface area (Å²) < 4.78 is 5.82. The Morgan fingerprint density at radius 2 is 1.76 bits per heavy atom. The van der Waals surface area contributed by atoms with Crippen LogP contribution in [0.15, 0.2) is 36.4 Å². The smallest absolute Gasteiger partial charge is 0.0717 e. The van der Waals surface area contributed by atoms with Crippen LogP contribution in [0.3, 0.4) is 0 Å². The van der Waals surface area contributed by atoms with E-state index in [1.165, 1.54) is 40.0 Å². The van der Waals surface area contributed by atoms with Crippen LogP contribution in [0.5, 0.6) is 0 Å². The Bertz CT molecular complexity index is 840. The van der Waals surface area contributed by atoms with Gasteiger partial charge in [0, 0.05) is 56.1 Å². The van der Waals surface area contributed by atoms with Crippen LogP contribution in [-0.2, 0) is 23.3 Å². The molecular weight excluding hydrogens is 358 g/mol. The van der Waals surface area contributed by atoms with Crippen molar-refractivity contribution >= 4 is 11.4 Å². The van der Waals surface area contributed by atoms with Gasteiger partial charge in [-0.25, -0.2) is 0 Å². The Hall–Kier alpha value is -1.88. The SMILES string of the molecule is CCCCOCc1ccc2c(c1)Nc1ccc(CN3CCNCC3)cc1C2(C)C. The number of nitrogens with zero attached hydrogens (tertiary/aromatic N) is 1. The summed E-state index contributed by atoms with van der Waals surface area (Å²) in [6.07, 6.45) is 2.30. The molecule has 0 spiro atoms. The van der Waals surface area contributed by atoms with E-state index in [4.69, 9.17) is 4.74 Å². The molecular formula is C25H35N3O. The lowest BCUT2D eigenvalue weighted by atomic mass is 9.73. The largest absolute Gasteiger partial charge is 0.377 e. The molecule has 2 aliphatic rings. The van der Waals surface area contributed by atoms with Gasteiger partial charge in [0.1, 0.15) is 0 Å². The van der Waals surface area contributed by atoms with Gasteiger partial charge in [0.15, 0.2) is 0 Å². The molecule has 0 saturated carbocycles. The van der Waals surface area contributed by atoms with Gasteiger partial charge in [0.2, 0.25) is 0 Å². The van der Waals surface area contributed by atoms with E-state index in [0.717, 1.165) is 45.8 Å². The number of unbranched alkanes of at least 4 members (excludes halogenated alkanes) is 1. The van der Waals surface area contributed by atoms with E-state index in [1.54, 1.807) is 0 Å². The minimum atomic E-state index is -0.0169. The Labute approximate surface area is 175 Å². The Balaban J connectivity index is 1.53. The van der Waals surface area contributed by atoms with Gasteiger partial charge in [-0.15, -0.1) is 0 Å². The van der Waals surface area contributed by atoms with Gasteiger partial charge >= 0.3 is 0 Å². The van der Waals surface area contributed by atoms with Crippen LogP contribution in [-0.4, -0.2) is 37.7 Å². The van der Waals surface area contributed by atoms with E-state index in [0.29, 0.717) is 6.61 Å². The molecule has 1 fully saturated rings. The summed E-state index contributed by atoms with van der Waals surface area (Å²) in [5.41, 5.74) is 7.83. The molecule has 4 nitrogen and oxygen atoms in total. The van der Waals surface area contributed by atoms with E-state index < -0.39 is 0 Å². The summed E-state index contributed by atoms with van der Waals surface area (Å²) in [4.78, 5) is 2.54. The second-order valence-corrected chi connectivity index (χ2v) is 8.94. The molecule has 4 rings (SSSR count). The molecule has 29 heavy (non-hydrogen) atoms. The van der Waals surface area contributed by atoms with Gasteiger partial charge in [-0.1, -0.05) is 51.5 Å². The molecule has 2 aliphatic heterocycles. The van der Waals surface area contributed by atoms with Gasteiger partial charge in [0.25, 0.3) is 0 Å². The number of nitrogens with one attached hydrogen (secondary N) is 2. The van der Waals surface area contributed by atoms with E-state index in [2.05, 4.69) is 72.7 Å². The number of benzene rings is 2. The van der Waals surface area contributed by atoms with Gasteiger partial charge in [0.05, 0.1) is 6.61 Å². The molecule has 1 saturated heterocycles. The topological polar surface area (TPSA) is 36.5 Å². The molecule has 2 aromatic carbocycles. The van der Waals surface area contributed by atoms with Crippen molar-refractivity contribution in [3.8, 4) is 0 Å². The molecule has 0 aromatic heterocycles. The maximum atomic E-state index is 5.82. The Morgan fingerprint density at radius 3 is 2.55 bits per heavy atom. The number of fused-ring (bicyclic) bond motifs is 2. The molecule has 0 unspecified atom stereocenters. The predicted octanol–water partition coefficient (Wildman–Crippen LogP) is 4.79. The lowest BCUT2D eigenvalue weighted by Crippen LogP contribution is -2.42. The first-order chi connectivity index (χ1) is 14.1. The Kier molecular flexibility index (Phi) is 6.23. The van der Waals surface area contributed by atoms with Crippen LogP contribution < -0.4 is 10.6 Å². The summed E-state index contributed by atoms with van der Waals surface area (Å²) in [6, 6.07) is 13.7. The fourth-order valence-electron chi connectivity index (χ4n) is 4.50. The average molecular weight is 394 g/mol. The Morgan fingerprint density at radius 1 is 0.966 bits per heavy atom. The van der Waals surface area contributed by atoms with Crippen molar-refractivity contribution in [2.45, 2.75) is 52.2 Å². The minimum Gasteiger partial charge on any atom is -0.377 e. The van der Waals surface area contributed by atoms with Crippen molar-refractivity contribution in [3.63, 3.8) is 0 Å². The molecule has 2 N–H and O–H groups in total. The first kappa shape index (κ1) is 20.4. The van der Waals surface area contributed by atoms with E-state index >= 15 is 0 Å². The van der Waals surface area contributed by atoms with Crippen LogP contribution in [0.1, 0.15) is 55.9 Å². The van der Waals surface area contributed by atoms with Crippen molar-refractivity contribution in [2.75, 3.05) is 38.1 Å². The zero-order valence-electron chi connectivity index (χ0n) is 18.2. The van der Waals surface area contributed by atoms with E-state index in [-0.39, 0.29) is 5.41 Å². The second-order valence-electron chi connectivity index (χ2n) is 8.94. The summed E-state index contributed by atoms with van der Waals surface area (Å²) in [5, 5.41) is 7.13. The molecule has 2 heterocycles. The standard InChI is InChI=1S/C25H35N3O/c1-4-5-14-29-18-20-6-8-21-24(16-20)27-23-9-7-19(15-22(23)25(21,2)3)17-28-12-10-26-11-13-28/h6-9,15-16,26-27H,4-5,10-14,17-18H2,1-3H3. The maximum absolute atomic E-state index is 5.82. The number of ether oxygens (including phenoxy) is 1. The normalized spacial score (nSPS) is 18.0. The van der Waals surface area contributed by atoms with Crippen LogP contribution >= 0.6 is 0 Å². The number of anilines is 2. The van der Waals surface area contributed by atoms with Crippen molar-refractivity contribution in [1.29, 1.82) is 0 Å². The molecule has 0 radical (unpaired) electrons. The fourth-order valence-corrected chi connectivity index (χ4v) is 4.50. The third kappa shape index (κ3) is 4.50. The van der Waals surface area contributed by atoms with Crippen molar-refractivity contribution in [3.05, 3.63) is 58.7 Å². The highest BCUT2D eigenvalue weighted by Crippen LogP contribution is 2.45. The molecule has 4 heteroatoms. The van der Waals surface area contributed by atoms with E-state index in [9.17, 15) is 0 Å². The second kappa shape index (κ2) is 8.86. The van der Waals surface area contributed by atoms with Crippen LogP contribution in [0.25, 0.3) is 0 Å². The molecule has 0 aliphatic carbocycles. The minimum absolute atomic E-state index is 0.0169. The van der Waals surface area contributed by atoms with Crippen LogP contribution in [0.2, 0.25) is 0 Å². The third-order valence-corrected chi connectivity index (χ3v) is 6.31. The number of hydrogen-bond acceptors (Lipinski definition) is 4. The van der Waals surface area contributed by atoms with Crippen molar-refractivity contribution < 1.29 is 4.74 Å². The highest BCUT2D eigenvalue weighted by molar-refractivity contribution is 5.76. The number of rotatable bonds is 7. The quantitative estimate of drug-likeness (QED) is 0.663. The third-order valence-electron chi connectivity index (χ3n) is 6.31. The first-order valence-electron chi connectivity index (χ1n) is 11.1. The van der Waals surface area contributed by atoms with Gasteiger partial charge in [-0.05, 0) is 40.8 Å². The zero-order chi connectivity index (χ0) is 20.3. The maximum Gasteiger partial charge on any atom is 0.0717 e. The summed E-state index contributed by atoms with van der Waals surface area (Å²) in [7, 11) is 0. The zero-order valence-corrected chi connectivity index (χ0v) is 18.2. The number of hydrogen-bond donors (Lipinski definition) is 2. The molecule has 0 bridgehead atoms. The molecule has 2 aromatic rings. The predicted molar refractivity (Wildman–Crippen MR) is 121 cm³/mol. The van der Waals surface area contributed by atoms with Gasteiger partial charge in [-0.2, -0.15) is 0 Å². The monoisotopic (exact) mass is 393 g/mol. The lowest BCUT2D eigenvalue weighted by molar-refractivity contribution is 0.118. The summed E-state index contributed by atoms with van der Waals surface area (Å²) in [6.45, 7) is 13.9. The fraction of sp³-hybridized carbons (Fsp3) is 0.520. The summed E-state index contributed by atoms with van der Waals surface area (Å²) >= 11 is 0. The van der Waals surface area contributed by atoms with Gasteiger partial charge in [-0.3, -0.25) is 4.90 Å². The number of piperazine rings is 1. The molecule has 0 amide bonds. The van der Waals surface area contributed by atoms with Crippen LogP contribution in [0.4, 0.5) is 11.4 Å². The van der Waals surface area contributed by atoms with E-state index in [1.807, 2.05) is 0 Å². The highest BCUT2D eigenvalue weighted by Gasteiger charge is 2.33. The van der Waals surface area contributed by atoms with Crippen LogP contribution in [0, 0.1) is 0 Å². The lowest BCUT2D eigenvalue weighted by Gasteiger charge is -2.36. The van der Waals surface area contributed by atoms with Crippen molar-refractivity contribution in [1.82, 2.24) is 10.2 Å². The highest BCUT2D eigenvalue weighted by atomic mass is 16.5. The average Bonchev–Trinajstić information content (AvgIpc) is 2.72. The molecule has 156 valence electrons. The summed E-state index contributed by atoms with van der Waals surface area (Å²) in [5.74, 6) is 0. The van der Waals surface area contributed by atoms with Crippen molar-refractivity contribution in [2.24, 2.45) is 0 Å². The van der Waals surface area contributed by atoms with Gasteiger partial charge < -0.3 is 15.4 Å². The first-order valence-corrected chi connectivity index (χ1v) is 11.1.